The molecule has 3 aromatic rings. The summed E-state index contributed by atoms with van der Waals surface area (Å²) < 4.78 is 34.9. The van der Waals surface area contributed by atoms with Gasteiger partial charge in [0.05, 0.1) is 18.4 Å². The zero-order chi connectivity index (χ0) is 23.3. The molecule has 7 heteroatoms. The maximum atomic E-state index is 12.1. The summed E-state index contributed by atoms with van der Waals surface area (Å²) in [7, 11) is 1.38. The monoisotopic (exact) mass is 457 g/mol. The van der Waals surface area contributed by atoms with Gasteiger partial charge in [0.1, 0.15) is 24.0 Å². The number of benzene rings is 3. The fourth-order valence-corrected chi connectivity index (χ4v) is 3.79. The van der Waals surface area contributed by atoms with Crippen molar-refractivity contribution < 1.29 is 23.0 Å². The van der Waals surface area contributed by atoms with Crippen molar-refractivity contribution in [2.45, 2.75) is 37.7 Å². The fraction of sp³-hybridized carbons (Fsp3) is 0.240. The van der Waals surface area contributed by atoms with Crippen LogP contribution in [0, 0.1) is 18.6 Å². The highest BCUT2D eigenvalue weighted by molar-refractivity contribution is 7.80. The predicted octanol–water partition coefficient (Wildman–Crippen LogP) is 5.69. The summed E-state index contributed by atoms with van der Waals surface area (Å²) in [6.07, 6.45) is 3.39. The Kier molecular flexibility index (Phi) is 7.75. The van der Waals surface area contributed by atoms with E-state index in [1.54, 1.807) is 6.07 Å². The second-order valence-corrected chi connectivity index (χ2v) is 8.08. The molecule has 0 aromatic heterocycles. The summed E-state index contributed by atoms with van der Waals surface area (Å²) >= 11 is 3.74. The summed E-state index contributed by atoms with van der Waals surface area (Å²) in [5, 5.41) is 0. The zero-order valence-electron chi connectivity index (χ0n) is 18.0. The van der Waals surface area contributed by atoms with Gasteiger partial charge >= 0.3 is 5.97 Å². The van der Waals surface area contributed by atoms with Crippen molar-refractivity contribution in [3.05, 3.63) is 88.0 Å². The fourth-order valence-electron chi connectivity index (χ4n) is 3.54. The topological polar surface area (TPSA) is 61.5 Å². The van der Waals surface area contributed by atoms with E-state index in [4.69, 9.17) is 15.2 Å². The van der Waals surface area contributed by atoms with Crippen LogP contribution in [0.3, 0.4) is 0 Å². The van der Waals surface area contributed by atoms with E-state index in [-0.39, 0.29) is 5.97 Å². The minimum atomic E-state index is -0.597. The third kappa shape index (κ3) is 6.01. The van der Waals surface area contributed by atoms with E-state index in [1.807, 2.05) is 25.1 Å². The van der Waals surface area contributed by atoms with Crippen molar-refractivity contribution in [3.63, 3.8) is 0 Å². The number of hydrogen-bond acceptors (Lipinski definition) is 5. The average molecular weight is 458 g/mol. The van der Waals surface area contributed by atoms with Crippen molar-refractivity contribution in [1.82, 2.24) is 0 Å². The van der Waals surface area contributed by atoms with Gasteiger partial charge < -0.3 is 15.2 Å². The quantitative estimate of drug-likeness (QED) is 0.300. The first kappa shape index (κ1) is 23.6. The largest absolute Gasteiger partial charge is 0.487 e. The van der Waals surface area contributed by atoms with Gasteiger partial charge in [-0.15, -0.1) is 12.6 Å². The van der Waals surface area contributed by atoms with Crippen LogP contribution in [-0.4, -0.2) is 13.1 Å². The lowest BCUT2D eigenvalue weighted by molar-refractivity contribution is 0.0600. The molecule has 1 aliphatic carbocycles. The smallest absolute Gasteiger partial charge is 0.337 e. The lowest BCUT2D eigenvalue weighted by atomic mass is 10.1. The van der Waals surface area contributed by atoms with Gasteiger partial charge in [0.25, 0.3) is 0 Å². The van der Waals surface area contributed by atoms with Crippen LogP contribution >= 0.6 is 12.6 Å². The predicted molar refractivity (Wildman–Crippen MR) is 123 cm³/mol. The molecule has 0 fully saturated rings. The van der Waals surface area contributed by atoms with Gasteiger partial charge in [0.15, 0.2) is 0 Å². The summed E-state index contributed by atoms with van der Waals surface area (Å²) in [6, 6.07) is 12.7. The van der Waals surface area contributed by atoms with E-state index >= 15 is 0 Å². The SMILES string of the molecule is COC(=O)c1ccc(COc2cc3c(cc2N)CCC3)c(C)c1.Fc1cc(F)cc(S)c1. The average Bonchev–Trinajstić information content (AvgIpc) is 3.18. The van der Waals surface area contributed by atoms with Gasteiger partial charge in [0.2, 0.25) is 0 Å². The number of carbonyl (C=O) groups excluding carboxylic acids is 1. The highest BCUT2D eigenvalue weighted by atomic mass is 32.1. The molecule has 0 saturated heterocycles. The van der Waals surface area contributed by atoms with Gasteiger partial charge in [-0.25, -0.2) is 13.6 Å². The lowest BCUT2D eigenvalue weighted by Crippen LogP contribution is -2.05. The number of esters is 1. The van der Waals surface area contributed by atoms with Crippen molar-refractivity contribution in [2.24, 2.45) is 0 Å². The molecule has 0 saturated carbocycles. The number of rotatable bonds is 4. The van der Waals surface area contributed by atoms with Gasteiger partial charge in [-0.2, -0.15) is 0 Å². The van der Waals surface area contributed by atoms with Crippen molar-refractivity contribution in [2.75, 3.05) is 12.8 Å². The zero-order valence-corrected chi connectivity index (χ0v) is 18.8. The standard InChI is InChI=1S/C19H21NO3.C6H4F2S/c1-12-8-15(19(21)22-2)6-7-16(12)11-23-18-10-14-5-3-4-13(14)9-17(18)20;7-4-1-5(8)3-6(9)2-4/h6-10H,3-5,11,20H2,1-2H3;1-3,9H. The Balaban J connectivity index is 0.000000269. The van der Waals surface area contributed by atoms with Gasteiger partial charge in [-0.3, -0.25) is 0 Å². The normalized spacial score (nSPS) is 11.9. The first-order valence-electron chi connectivity index (χ1n) is 10.1. The highest BCUT2D eigenvalue weighted by Crippen LogP contribution is 2.32. The second-order valence-electron chi connectivity index (χ2n) is 7.56. The maximum Gasteiger partial charge on any atom is 0.337 e. The minimum Gasteiger partial charge on any atom is -0.487 e. The molecule has 3 aromatic carbocycles. The number of nitrogens with two attached hydrogens (primary N) is 1. The van der Waals surface area contributed by atoms with Crippen LogP contribution < -0.4 is 10.5 Å². The molecule has 0 heterocycles. The third-order valence-corrected chi connectivity index (χ3v) is 5.48. The molecular weight excluding hydrogens is 432 g/mol. The molecule has 0 amide bonds. The molecule has 32 heavy (non-hydrogen) atoms. The molecule has 0 spiro atoms. The van der Waals surface area contributed by atoms with Gasteiger partial charge in [-0.05, 0) is 84.8 Å². The number of anilines is 1. The number of halogens is 2. The molecule has 0 aliphatic heterocycles. The Morgan fingerprint density at radius 2 is 1.69 bits per heavy atom. The van der Waals surface area contributed by atoms with E-state index < -0.39 is 11.6 Å². The van der Waals surface area contributed by atoms with Crippen molar-refractivity contribution in [1.29, 1.82) is 0 Å². The number of thiol groups is 1. The Morgan fingerprint density at radius 1 is 1.03 bits per heavy atom. The van der Waals surface area contributed by atoms with Crippen LogP contribution in [-0.2, 0) is 24.2 Å². The molecule has 0 unspecified atom stereocenters. The van der Waals surface area contributed by atoms with E-state index in [1.165, 1.54) is 24.7 Å². The highest BCUT2D eigenvalue weighted by Gasteiger charge is 2.15. The molecule has 0 bridgehead atoms. The van der Waals surface area contributed by atoms with Crippen molar-refractivity contribution >= 4 is 24.3 Å². The number of methoxy groups -OCH3 is 1. The number of fused-ring (bicyclic) bond motifs is 1. The van der Waals surface area contributed by atoms with E-state index in [0.717, 1.165) is 47.9 Å². The Labute approximate surface area is 191 Å². The van der Waals surface area contributed by atoms with Crippen LogP contribution in [0.2, 0.25) is 0 Å². The van der Waals surface area contributed by atoms with Crippen LogP contribution in [0.4, 0.5) is 14.5 Å². The Morgan fingerprint density at radius 3 is 2.28 bits per heavy atom. The van der Waals surface area contributed by atoms with E-state index in [9.17, 15) is 13.6 Å². The van der Waals surface area contributed by atoms with Crippen LogP contribution in [0.25, 0.3) is 0 Å². The Bertz CT molecular complexity index is 1080. The van der Waals surface area contributed by atoms with Crippen LogP contribution in [0.1, 0.15) is 39.0 Å². The lowest BCUT2D eigenvalue weighted by Gasteiger charge is -2.13. The van der Waals surface area contributed by atoms with E-state index in [2.05, 4.69) is 18.7 Å². The molecule has 4 rings (SSSR count). The summed E-state index contributed by atoms with van der Waals surface area (Å²) in [6.45, 7) is 2.38. The van der Waals surface area contributed by atoms with Crippen molar-refractivity contribution in [3.8, 4) is 5.75 Å². The summed E-state index contributed by atoms with van der Waals surface area (Å²) in [5.74, 6) is -0.787. The summed E-state index contributed by atoms with van der Waals surface area (Å²) in [5.41, 5.74) is 12.0. The molecular formula is C25H25F2NO3S. The Hall–Kier alpha value is -3.06. The molecule has 0 radical (unpaired) electrons. The molecule has 0 atom stereocenters. The number of ether oxygens (including phenoxy) is 2. The molecule has 4 nitrogen and oxygen atoms in total. The molecule has 1 aliphatic rings. The first-order chi connectivity index (χ1) is 15.3. The molecule has 2 N–H and O–H groups in total. The number of carbonyl (C=O) groups is 1. The number of aryl methyl sites for hydroxylation is 3. The van der Waals surface area contributed by atoms with E-state index in [0.29, 0.717) is 22.8 Å². The maximum absolute atomic E-state index is 12.1. The first-order valence-corrected chi connectivity index (χ1v) is 10.6. The van der Waals surface area contributed by atoms with Gasteiger partial charge in [-0.1, -0.05) is 6.07 Å². The van der Waals surface area contributed by atoms with Crippen LogP contribution in [0.15, 0.2) is 53.4 Å². The van der Waals surface area contributed by atoms with Gasteiger partial charge in [0, 0.05) is 11.0 Å². The van der Waals surface area contributed by atoms with Crippen LogP contribution in [0.5, 0.6) is 5.75 Å². The second kappa shape index (κ2) is 10.5. The number of hydrogen-bond donors (Lipinski definition) is 2. The minimum absolute atomic E-state index is 0.299. The molecule has 168 valence electrons. The number of nitrogen functional groups attached to an aromatic ring is 1. The third-order valence-electron chi connectivity index (χ3n) is 5.22. The summed E-state index contributed by atoms with van der Waals surface area (Å²) in [4.78, 5) is 11.8.